The number of rotatable bonds is 7. The molecule has 0 aliphatic carbocycles. The van der Waals surface area contributed by atoms with Gasteiger partial charge in [0.2, 0.25) is 5.91 Å². The van der Waals surface area contributed by atoms with Crippen molar-refractivity contribution >= 4 is 40.8 Å². The third-order valence-electron chi connectivity index (χ3n) is 1.79. The van der Waals surface area contributed by atoms with Crippen molar-refractivity contribution in [1.82, 2.24) is 10.2 Å². The molecule has 1 atom stereocenters. The fraction of sp³-hybridized carbons (Fsp3) is 0.667. The highest BCUT2D eigenvalue weighted by molar-refractivity contribution is 8.03. The summed E-state index contributed by atoms with van der Waals surface area (Å²) in [4.78, 5) is 10.9. The number of thioether (sulfide) groups is 2. The predicted octanol–water partition coefficient (Wildman–Crippen LogP) is 2.40. The van der Waals surface area contributed by atoms with Gasteiger partial charge in [0.1, 0.15) is 0 Å². The Labute approximate surface area is 108 Å². The van der Waals surface area contributed by atoms with Crippen LogP contribution in [-0.4, -0.2) is 27.1 Å². The van der Waals surface area contributed by atoms with Gasteiger partial charge in [-0.3, -0.25) is 4.79 Å². The molecule has 2 N–H and O–H groups in total. The van der Waals surface area contributed by atoms with Crippen molar-refractivity contribution < 1.29 is 4.79 Å². The quantitative estimate of drug-likeness (QED) is 0.612. The summed E-state index contributed by atoms with van der Waals surface area (Å²) in [5, 5.41) is 7.83. The maximum atomic E-state index is 10.9. The minimum absolute atomic E-state index is 0.249. The number of nitrogens with zero attached hydrogens (tertiary/aromatic N) is 2. The Hall–Kier alpha value is -0.270. The number of carbonyl (C=O) groups is 1. The summed E-state index contributed by atoms with van der Waals surface area (Å²) in [7, 11) is 0. The van der Waals surface area contributed by atoms with Gasteiger partial charge in [-0.1, -0.05) is 48.2 Å². The maximum Gasteiger partial charge on any atom is 0.230 e. The fourth-order valence-electron chi connectivity index (χ4n) is 0.816. The van der Waals surface area contributed by atoms with Crippen LogP contribution in [0.3, 0.4) is 0 Å². The van der Waals surface area contributed by atoms with E-state index in [1.165, 1.54) is 35.9 Å². The maximum absolute atomic E-state index is 10.9. The smallest absolute Gasteiger partial charge is 0.230 e. The van der Waals surface area contributed by atoms with Crippen LogP contribution in [0.5, 0.6) is 0 Å². The zero-order chi connectivity index (χ0) is 12.0. The van der Waals surface area contributed by atoms with Gasteiger partial charge in [-0.25, -0.2) is 0 Å². The largest absolute Gasteiger partial charge is 0.369 e. The summed E-state index contributed by atoms with van der Waals surface area (Å²) in [5.41, 5.74) is 5.18. The molecule has 16 heavy (non-hydrogen) atoms. The lowest BCUT2D eigenvalue weighted by Gasteiger charge is -2.01. The normalized spacial score (nSPS) is 12.6. The molecule has 0 saturated heterocycles. The first-order chi connectivity index (χ1) is 7.63. The van der Waals surface area contributed by atoms with Crippen LogP contribution < -0.4 is 5.73 Å². The Kier molecular flexibility index (Phi) is 6.15. The topological polar surface area (TPSA) is 68.9 Å². The number of hydrogen-bond acceptors (Lipinski definition) is 6. The second kappa shape index (κ2) is 7.13. The first-order valence-electron chi connectivity index (χ1n) is 5.05. The summed E-state index contributed by atoms with van der Waals surface area (Å²) in [6, 6.07) is 0. The van der Waals surface area contributed by atoms with Crippen LogP contribution in [0.4, 0.5) is 0 Å². The van der Waals surface area contributed by atoms with Gasteiger partial charge in [-0.2, -0.15) is 0 Å². The van der Waals surface area contributed by atoms with E-state index >= 15 is 0 Å². The second-order valence-electron chi connectivity index (χ2n) is 3.20. The van der Waals surface area contributed by atoms with Crippen LogP contribution in [0.25, 0.3) is 0 Å². The number of unbranched alkanes of at least 4 members (excludes halogenated alkanes) is 1. The van der Waals surface area contributed by atoms with E-state index in [0.717, 1.165) is 14.4 Å². The van der Waals surface area contributed by atoms with Gasteiger partial charge in [0.25, 0.3) is 0 Å². The summed E-state index contributed by atoms with van der Waals surface area (Å²) >= 11 is 4.61. The molecule has 0 radical (unpaired) electrons. The number of hydrogen-bond donors (Lipinski definition) is 1. The average Bonchev–Trinajstić information content (AvgIpc) is 2.66. The lowest BCUT2D eigenvalue weighted by molar-refractivity contribution is -0.117. The highest BCUT2D eigenvalue weighted by atomic mass is 32.2. The van der Waals surface area contributed by atoms with Gasteiger partial charge >= 0.3 is 0 Å². The monoisotopic (exact) mass is 277 g/mol. The van der Waals surface area contributed by atoms with Gasteiger partial charge in [0, 0.05) is 5.75 Å². The van der Waals surface area contributed by atoms with Crippen molar-refractivity contribution in [1.29, 1.82) is 0 Å². The van der Waals surface area contributed by atoms with Crippen molar-refractivity contribution in [3.05, 3.63) is 0 Å². The molecule has 0 saturated carbocycles. The first kappa shape index (κ1) is 13.8. The number of carbonyl (C=O) groups excluding carboxylic acids is 1. The average molecular weight is 277 g/mol. The second-order valence-corrected chi connectivity index (χ2v) is 7.11. The molecule has 0 aromatic carbocycles. The lowest BCUT2D eigenvalue weighted by Crippen LogP contribution is -2.22. The van der Waals surface area contributed by atoms with Crippen LogP contribution in [0.2, 0.25) is 0 Å². The number of primary amides is 1. The van der Waals surface area contributed by atoms with E-state index in [0.29, 0.717) is 0 Å². The summed E-state index contributed by atoms with van der Waals surface area (Å²) in [5.74, 6) is 0.752. The minimum Gasteiger partial charge on any atom is -0.369 e. The standard InChI is InChI=1S/C9H15N3OS3/c1-3-4-5-14-8-11-12-9(16-8)15-6(2)7(10)13/h6H,3-5H2,1-2H3,(H2,10,13). The molecule has 4 nitrogen and oxygen atoms in total. The van der Waals surface area contributed by atoms with E-state index in [1.54, 1.807) is 18.7 Å². The molecule has 0 bridgehead atoms. The molecular formula is C9H15N3OS3. The zero-order valence-electron chi connectivity index (χ0n) is 9.30. The summed E-state index contributed by atoms with van der Waals surface area (Å²) in [6.45, 7) is 3.94. The van der Waals surface area contributed by atoms with Gasteiger partial charge in [0.15, 0.2) is 8.68 Å². The van der Waals surface area contributed by atoms with Gasteiger partial charge in [-0.05, 0) is 13.3 Å². The molecule has 0 spiro atoms. The van der Waals surface area contributed by atoms with Crippen LogP contribution in [0, 0.1) is 0 Å². The lowest BCUT2D eigenvalue weighted by atomic mass is 10.4. The Balaban J connectivity index is 2.42. The van der Waals surface area contributed by atoms with Crippen LogP contribution in [0.15, 0.2) is 8.68 Å². The molecule has 1 aromatic rings. The van der Waals surface area contributed by atoms with Crippen molar-refractivity contribution in [2.45, 2.75) is 40.6 Å². The van der Waals surface area contributed by atoms with Gasteiger partial charge in [-0.15, -0.1) is 10.2 Å². The van der Waals surface area contributed by atoms with Crippen molar-refractivity contribution in [3.63, 3.8) is 0 Å². The highest BCUT2D eigenvalue weighted by Crippen LogP contribution is 2.31. The molecule has 0 aliphatic heterocycles. The molecule has 1 rings (SSSR count). The van der Waals surface area contributed by atoms with Gasteiger partial charge < -0.3 is 5.73 Å². The van der Waals surface area contributed by atoms with Crippen LogP contribution in [0.1, 0.15) is 26.7 Å². The Bertz CT molecular complexity index is 342. The van der Waals surface area contributed by atoms with Crippen molar-refractivity contribution in [2.24, 2.45) is 5.73 Å². The molecule has 1 aromatic heterocycles. The Morgan fingerprint density at radius 1 is 1.50 bits per heavy atom. The van der Waals surface area contributed by atoms with E-state index < -0.39 is 0 Å². The van der Waals surface area contributed by atoms with Crippen LogP contribution in [-0.2, 0) is 4.79 Å². The van der Waals surface area contributed by atoms with Gasteiger partial charge in [0.05, 0.1) is 5.25 Å². The molecule has 90 valence electrons. The molecule has 7 heteroatoms. The third kappa shape index (κ3) is 4.71. The number of amides is 1. The van der Waals surface area contributed by atoms with Crippen LogP contribution >= 0.6 is 34.9 Å². The SMILES string of the molecule is CCCCSc1nnc(SC(C)C(N)=O)s1. The Morgan fingerprint density at radius 3 is 2.81 bits per heavy atom. The van der Waals surface area contributed by atoms with E-state index in [4.69, 9.17) is 5.73 Å². The highest BCUT2D eigenvalue weighted by Gasteiger charge is 2.14. The van der Waals surface area contributed by atoms with E-state index in [9.17, 15) is 4.79 Å². The molecule has 1 amide bonds. The molecule has 0 fully saturated rings. The number of aromatic nitrogens is 2. The number of nitrogens with two attached hydrogens (primary N) is 1. The molecular weight excluding hydrogens is 262 g/mol. The zero-order valence-corrected chi connectivity index (χ0v) is 11.8. The first-order valence-corrected chi connectivity index (χ1v) is 7.74. The predicted molar refractivity (Wildman–Crippen MR) is 70.1 cm³/mol. The summed E-state index contributed by atoms with van der Waals surface area (Å²) < 4.78 is 1.78. The van der Waals surface area contributed by atoms with Crippen molar-refractivity contribution in [2.75, 3.05) is 5.75 Å². The van der Waals surface area contributed by atoms with E-state index in [1.807, 2.05) is 0 Å². The molecule has 1 unspecified atom stereocenters. The molecule has 1 heterocycles. The minimum atomic E-state index is -0.319. The fourth-order valence-corrected chi connectivity index (χ4v) is 4.08. The van der Waals surface area contributed by atoms with E-state index in [2.05, 4.69) is 17.1 Å². The summed E-state index contributed by atoms with van der Waals surface area (Å²) in [6.07, 6.45) is 2.37. The van der Waals surface area contributed by atoms with E-state index in [-0.39, 0.29) is 11.2 Å². The van der Waals surface area contributed by atoms with Crippen molar-refractivity contribution in [3.8, 4) is 0 Å². The third-order valence-corrected chi connectivity index (χ3v) is 5.13. The molecule has 0 aliphatic rings. The Morgan fingerprint density at radius 2 is 2.19 bits per heavy atom.